The van der Waals surface area contributed by atoms with E-state index in [1.54, 1.807) is 35.2 Å². The zero-order chi connectivity index (χ0) is 25.8. The van der Waals surface area contributed by atoms with Crippen molar-refractivity contribution in [1.82, 2.24) is 34.9 Å². The van der Waals surface area contributed by atoms with Gasteiger partial charge in [0.1, 0.15) is 5.50 Å². The number of rotatable bonds is 6. The summed E-state index contributed by atoms with van der Waals surface area (Å²) < 4.78 is 33.1. The first-order valence-corrected chi connectivity index (χ1v) is 16.8. The van der Waals surface area contributed by atoms with Gasteiger partial charge in [-0.25, -0.2) is 28.8 Å². The van der Waals surface area contributed by atoms with Crippen LogP contribution < -0.4 is 21.3 Å². The van der Waals surface area contributed by atoms with Crippen LogP contribution in [-0.4, -0.2) is 50.2 Å². The molecule has 12 heteroatoms. The molecule has 2 saturated heterocycles. The number of hydrogen-bond acceptors (Lipinski definition) is 6. The second-order valence-electron chi connectivity index (χ2n) is 11.1. The number of sulfonamides is 1. The Kier molecular flexibility index (Phi) is 6.30. The molecule has 0 amide bonds. The Morgan fingerprint density at radius 3 is 2.51 bits per heavy atom. The summed E-state index contributed by atoms with van der Waals surface area (Å²) in [4.78, 5) is 14.4. The number of benzene rings is 1. The first-order chi connectivity index (χ1) is 17.7. The van der Waals surface area contributed by atoms with E-state index in [2.05, 4.69) is 32.7 Å². The standard InChI is InChI=1S/C25H37N7O3S2/c1-18-28-29-23(36(18)12-6-4-3-5-7-13-36)32-22-14-20(37(34,35)30-25(2)10-11-25)8-9-21(22)31(24(32)33)17-19-15-26-27-16-19/h8-9,14-16,18,23,28-30H,3-7,10-13,17H2,1-2H3,(H,26,27). The molecule has 1 saturated carbocycles. The molecule has 10 nitrogen and oxygen atoms in total. The van der Waals surface area contributed by atoms with E-state index in [1.807, 2.05) is 11.5 Å². The van der Waals surface area contributed by atoms with Crippen molar-refractivity contribution in [3.63, 3.8) is 0 Å². The number of hydrogen-bond donors (Lipinski definition) is 4. The number of nitrogens with one attached hydrogen (secondary N) is 4. The molecule has 2 aliphatic heterocycles. The van der Waals surface area contributed by atoms with Gasteiger partial charge in [0.2, 0.25) is 10.0 Å². The zero-order valence-electron chi connectivity index (χ0n) is 21.5. The van der Waals surface area contributed by atoms with Crippen molar-refractivity contribution in [2.45, 2.75) is 86.6 Å². The highest BCUT2D eigenvalue weighted by atomic mass is 32.3. The van der Waals surface area contributed by atoms with E-state index in [0.29, 0.717) is 12.1 Å². The Morgan fingerprint density at radius 1 is 1.11 bits per heavy atom. The fourth-order valence-corrected chi connectivity index (χ4v) is 11.8. The maximum Gasteiger partial charge on any atom is 0.331 e. The smallest absolute Gasteiger partial charge is 0.287 e. The molecule has 202 valence electrons. The first-order valence-electron chi connectivity index (χ1n) is 13.3. The second-order valence-corrected chi connectivity index (χ2v) is 16.8. The minimum absolute atomic E-state index is 0.129. The lowest BCUT2D eigenvalue weighted by molar-refractivity contribution is 0.476. The third-order valence-electron chi connectivity index (χ3n) is 8.36. The average molecular weight is 548 g/mol. The number of aromatic amines is 1. The predicted molar refractivity (Wildman–Crippen MR) is 147 cm³/mol. The maximum absolute atomic E-state index is 14.2. The molecule has 1 aliphatic carbocycles. The molecule has 37 heavy (non-hydrogen) atoms. The summed E-state index contributed by atoms with van der Waals surface area (Å²) in [5, 5.41) is 7.13. The van der Waals surface area contributed by atoms with Gasteiger partial charge in [-0.1, -0.05) is 19.3 Å². The molecule has 6 rings (SSSR count). The molecule has 3 aromatic rings. The minimum Gasteiger partial charge on any atom is -0.287 e. The lowest BCUT2D eigenvalue weighted by atomic mass is 10.2. The van der Waals surface area contributed by atoms with Crippen LogP contribution in [0.3, 0.4) is 0 Å². The van der Waals surface area contributed by atoms with Crippen molar-refractivity contribution in [3.8, 4) is 0 Å². The fourth-order valence-electron chi connectivity index (χ4n) is 5.87. The van der Waals surface area contributed by atoms with E-state index in [4.69, 9.17) is 0 Å². The first kappa shape index (κ1) is 25.2. The van der Waals surface area contributed by atoms with Crippen molar-refractivity contribution >= 4 is 31.1 Å². The SMILES string of the molecule is CC1NNC(n2c(=O)n(Cc3cn[nH]c3)c3ccc(S(=O)(=O)NC4(C)CC4)cc32)S12CCCCCCC2. The Morgan fingerprint density at radius 2 is 1.84 bits per heavy atom. The van der Waals surface area contributed by atoms with Crippen LogP contribution in [0.5, 0.6) is 0 Å². The van der Waals surface area contributed by atoms with E-state index >= 15 is 0 Å². The Hall–Kier alpha value is -2.12. The number of nitrogens with zero attached hydrogens (tertiary/aromatic N) is 3. The topological polar surface area (TPSA) is 126 Å². The zero-order valence-corrected chi connectivity index (χ0v) is 23.1. The van der Waals surface area contributed by atoms with Gasteiger partial charge in [-0.3, -0.25) is 14.2 Å². The van der Waals surface area contributed by atoms with Crippen molar-refractivity contribution in [2.24, 2.45) is 0 Å². The van der Waals surface area contributed by atoms with Crippen LogP contribution in [0, 0.1) is 0 Å². The van der Waals surface area contributed by atoms with Crippen LogP contribution in [0.25, 0.3) is 11.0 Å². The largest absolute Gasteiger partial charge is 0.331 e. The van der Waals surface area contributed by atoms with Gasteiger partial charge < -0.3 is 0 Å². The Balaban J connectivity index is 1.51. The van der Waals surface area contributed by atoms with Gasteiger partial charge in [0, 0.05) is 17.3 Å². The van der Waals surface area contributed by atoms with Crippen LogP contribution in [0.2, 0.25) is 0 Å². The highest BCUT2D eigenvalue weighted by molar-refractivity contribution is 8.34. The molecular formula is C25H37N7O3S2. The molecule has 1 spiro atoms. The number of fused-ring (bicyclic) bond motifs is 1. The summed E-state index contributed by atoms with van der Waals surface area (Å²) in [7, 11) is -5.00. The molecule has 0 bridgehead atoms. The monoisotopic (exact) mass is 547 g/mol. The third kappa shape index (κ3) is 4.46. The van der Waals surface area contributed by atoms with Gasteiger partial charge in [-0.05, 0) is 69.2 Å². The summed E-state index contributed by atoms with van der Waals surface area (Å²) in [6, 6.07) is 5.09. The lowest BCUT2D eigenvalue weighted by Crippen LogP contribution is -2.37. The van der Waals surface area contributed by atoms with Crippen LogP contribution in [0.15, 0.2) is 40.3 Å². The average Bonchev–Trinajstić information content (AvgIpc) is 3.17. The minimum atomic E-state index is -3.71. The van der Waals surface area contributed by atoms with Crippen molar-refractivity contribution < 1.29 is 8.42 Å². The number of imidazole rings is 1. The number of aromatic nitrogens is 4. The normalized spacial score (nSPS) is 26.2. The quantitative estimate of drug-likeness (QED) is 0.376. The van der Waals surface area contributed by atoms with Crippen LogP contribution in [0.1, 0.15) is 69.9 Å². The second kappa shape index (κ2) is 9.26. The maximum atomic E-state index is 14.2. The molecule has 1 aromatic carbocycles. The van der Waals surface area contributed by atoms with E-state index in [-0.39, 0.29) is 27.0 Å². The van der Waals surface area contributed by atoms with Gasteiger partial charge in [-0.2, -0.15) is 15.1 Å². The number of H-pyrrole nitrogens is 1. The molecular weight excluding hydrogens is 510 g/mol. The van der Waals surface area contributed by atoms with Gasteiger partial charge in [0.05, 0.1) is 34.0 Å². The number of hydrazine groups is 1. The molecule has 2 atom stereocenters. The molecule has 4 N–H and O–H groups in total. The fraction of sp³-hybridized carbons (Fsp3) is 0.600. The molecule has 4 heterocycles. The van der Waals surface area contributed by atoms with Crippen LogP contribution >= 0.6 is 10.0 Å². The highest BCUT2D eigenvalue weighted by Gasteiger charge is 2.46. The van der Waals surface area contributed by atoms with Crippen LogP contribution in [0.4, 0.5) is 0 Å². The summed E-state index contributed by atoms with van der Waals surface area (Å²) in [6.07, 6.45) is 11.2. The van der Waals surface area contributed by atoms with Crippen molar-refractivity contribution in [3.05, 3.63) is 46.6 Å². The third-order valence-corrected chi connectivity index (χ3v) is 14.8. The lowest BCUT2D eigenvalue weighted by Gasteiger charge is -2.45. The predicted octanol–water partition coefficient (Wildman–Crippen LogP) is 3.08. The summed E-state index contributed by atoms with van der Waals surface area (Å²) in [6.45, 7) is 4.52. The van der Waals surface area contributed by atoms with Gasteiger partial charge in [-0.15, -0.1) is 0 Å². The molecule has 3 fully saturated rings. The van der Waals surface area contributed by atoms with E-state index in [9.17, 15) is 13.2 Å². The Labute approximate surface area is 218 Å². The molecule has 2 aromatic heterocycles. The van der Waals surface area contributed by atoms with Gasteiger partial charge in [0.15, 0.2) is 0 Å². The van der Waals surface area contributed by atoms with Gasteiger partial charge in [0.25, 0.3) is 0 Å². The summed E-state index contributed by atoms with van der Waals surface area (Å²) in [5.74, 6) is 2.19. The highest BCUT2D eigenvalue weighted by Crippen LogP contribution is 2.64. The van der Waals surface area contributed by atoms with Crippen molar-refractivity contribution in [1.29, 1.82) is 0 Å². The van der Waals surface area contributed by atoms with Gasteiger partial charge >= 0.3 is 5.69 Å². The van der Waals surface area contributed by atoms with Crippen molar-refractivity contribution in [2.75, 3.05) is 11.5 Å². The van der Waals surface area contributed by atoms with E-state index in [0.717, 1.165) is 48.3 Å². The van der Waals surface area contributed by atoms with E-state index < -0.39 is 20.1 Å². The summed E-state index contributed by atoms with van der Waals surface area (Å²) in [5.41, 5.74) is 8.54. The molecule has 2 unspecified atom stereocenters. The Bertz CT molecular complexity index is 1450. The molecule has 3 aliphatic rings. The van der Waals surface area contributed by atoms with Crippen LogP contribution in [-0.2, 0) is 16.6 Å². The van der Waals surface area contributed by atoms with E-state index in [1.165, 1.54) is 19.3 Å². The summed E-state index contributed by atoms with van der Waals surface area (Å²) >= 11 is 0. The molecule has 0 radical (unpaired) electrons.